The predicted octanol–water partition coefficient (Wildman–Crippen LogP) is 5.03. The van der Waals surface area contributed by atoms with Crippen molar-refractivity contribution in [3.63, 3.8) is 0 Å². The number of piperidine rings is 1. The molecule has 3 N–H and O–H groups in total. The minimum absolute atomic E-state index is 0.104. The van der Waals surface area contributed by atoms with Crippen molar-refractivity contribution in [1.82, 2.24) is 25.1 Å². The molecular weight excluding hydrogens is 541 g/mol. The first kappa shape index (κ1) is 25.7. The molecule has 12 heteroatoms. The first-order valence-corrected chi connectivity index (χ1v) is 13.3. The van der Waals surface area contributed by atoms with Crippen LogP contribution in [0.25, 0.3) is 22.2 Å². The minimum Gasteiger partial charge on any atom is -0.471 e. The summed E-state index contributed by atoms with van der Waals surface area (Å²) in [6.07, 6.45) is 5.75. The van der Waals surface area contributed by atoms with Crippen LogP contribution in [0.4, 0.5) is 10.6 Å². The van der Waals surface area contributed by atoms with Crippen molar-refractivity contribution in [3.8, 4) is 17.0 Å². The summed E-state index contributed by atoms with van der Waals surface area (Å²) in [7, 11) is 1.43. The average molecular weight is 568 g/mol. The number of rotatable bonds is 5. The van der Waals surface area contributed by atoms with Crippen LogP contribution >= 0.6 is 23.2 Å². The van der Waals surface area contributed by atoms with Crippen LogP contribution in [-0.2, 0) is 4.74 Å². The van der Waals surface area contributed by atoms with E-state index in [2.05, 4.69) is 20.1 Å². The first-order valence-electron chi connectivity index (χ1n) is 12.6. The van der Waals surface area contributed by atoms with E-state index in [0.717, 1.165) is 67.0 Å². The van der Waals surface area contributed by atoms with Gasteiger partial charge in [0.2, 0.25) is 0 Å². The molecule has 0 saturated carbocycles. The molecule has 2 saturated heterocycles. The van der Waals surface area contributed by atoms with E-state index < -0.39 is 6.23 Å². The number of halogens is 2. The van der Waals surface area contributed by atoms with Crippen molar-refractivity contribution in [2.75, 3.05) is 38.2 Å². The number of fused-ring (bicyclic) bond motifs is 1. The molecule has 202 valence electrons. The summed E-state index contributed by atoms with van der Waals surface area (Å²) in [6, 6.07) is 9.58. The zero-order valence-electron chi connectivity index (χ0n) is 21.2. The number of carbonyl (C=O) groups excluding carboxylic acids is 1. The molecule has 10 nitrogen and oxygen atoms in total. The Balaban J connectivity index is 1.17. The lowest BCUT2D eigenvalue weighted by Gasteiger charge is -2.54. The highest BCUT2D eigenvalue weighted by Crippen LogP contribution is 2.41. The predicted molar refractivity (Wildman–Crippen MR) is 149 cm³/mol. The Kier molecular flexibility index (Phi) is 6.70. The molecule has 0 radical (unpaired) electrons. The zero-order chi connectivity index (χ0) is 27.1. The highest BCUT2D eigenvalue weighted by molar-refractivity contribution is 6.35. The van der Waals surface area contributed by atoms with Gasteiger partial charge in [-0.15, -0.1) is 0 Å². The minimum atomic E-state index is -0.870. The SMILES string of the molecule is COC(=O)N1CCCC2(C1)CN(c1ccc(-c3n[nH]c4ccc(O[C@H](N)c5c(Cl)cncc5Cl)cc34)cn1)C2. The van der Waals surface area contributed by atoms with Gasteiger partial charge >= 0.3 is 6.09 Å². The lowest BCUT2D eigenvalue weighted by atomic mass is 9.73. The van der Waals surface area contributed by atoms with Crippen LogP contribution in [-0.4, -0.2) is 64.4 Å². The number of amides is 1. The molecule has 5 heterocycles. The molecule has 1 aromatic carbocycles. The second-order valence-corrected chi connectivity index (χ2v) is 10.9. The smallest absolute Gasteiger partial charge is 0.409 e. The number of methoxy groups -OCH3 is 1. The Hall–Kier alpha value is -3.60. The van der Waals surface area contributed by atoms with Gasteiger partial charge in [0.25, 0.3) is 0 Å². The van der Waals surface area contributed by atoms with Gasteiger partial charge in [-0.2, -0.15) is 5.10 Å². The normalized spacial score (nSPS) is 17.2. The van der Waals surface area contributed by atoms with Gasteiger partial charge in [-0.3, -0.25) is 15.8 Å². The van der Waals surface area contributed by atoms with E-state index in [-0.39, 0.29) is 11.5 Å². The Morgan fingerprint density at radius 1 is 1.13 bits per heavy atom. The molecule has 1 atom stereocenters. The van der Waals surface area contributed by atoms with E-state index in [1.165, 1.54) is 19.5 Å². The molecule has 4 aromatic rings. The van der Waals surface area contributed by atoms with Crippen LogP contribution in [0.5, 0.6) is 5.75 Å². The summed E-state index contributed by atoms with van der Waals surface area (Å²) in [5, 5.41) is 9.13. The average Bonchev–Trinajstić information content (AvgIpc) is 3.34. The first-order chi connectivity index (χ1) is 18.9. The second kappa shape index (κ2) is 10.2. The number of benzene rings is 1. The Morgan fingerprint density at radius 2 is 1.92 bits per heavy atom. The van der Waals surface area contributed by atoms with Gasteiger partial charge in [0.05, 0.1) is 22.7 Å². The molecule has 3 aromatic heterocycles. The lowest BCUT2D eigenvalue weighted by Crippen LogP contribution is -2.63. The van der Waals surface area contributed by atoms with Gasteiger partial charge in [-0.25, -0.2) is 9.78 Å². The molecule has 2 aliphatic rings. The fourth-order valence-corrected chi connectivity index (χ4v) is 6.15. The van der Waals surface area contributed by atoms with E-state index in [4.69, 9.17) is 43.4 Å². The van der Waals surface area contributed by atoms with Gasteiger partial charge in [0.15, 0.2) is 6.23 Å². The summed E-state index contributed by atoms with van der Waals surface area (Å²) in [5.74, 6) is 1.45. The largest absolute Gasteiger partial charge is 0.471 e. The number of aromatic amines is 1. The Labute approximate surface area is 235 Å². The standard InChI is InChI=1S/C27H27Cl2N7O3/c1-38-26(37)35-8-2-7-27(13-35)14-36(15-27)22-6-3-16(10-32-22)24-18-9-17(4-5-21(18)33-34-24)39-25(30)23-19(28)11-31-12-20(23)29/h3-6,9-12,25H,2,7-8,13-15,30H2,1H3,(H,33,34)/t25-/m0/s1. The van der Waals surface area contributed by atoms with Gasteiger partial charge in [0.1, 0.15) is 17.3 Å². The molecule has 1 spiro atoms. The number of anilines is 1. The molecule has 0 unspecified atom stereocenters. The molecule has 2 fully saturated rings. The number of hydrogen-bond acceptors (Lipinski definition) is 8. The van der Waals surface area contributed by atoms with E-state index in [9.17, 15) is 4.79 Å². The van der Waals surface area contributed by atoms with E-state index in [1.54, 1.807) is 6.07 Å². The highest BCUT2D eigenvalue weighted by atomic mass is 35.5. The summed E-state index contributed by atoms with van der Waals surface area (Å²) in [4.78, 5) is 24.7. The maximum atomic E-state index is 12.0. The van der Waals surface area contributed by atoms with Crippen molar-refractivity contribution in [1.29, 1.82) is 0 Å². The van der Waals surface area contributed by atoms with E-state index >= 15 is 0 Å². The number of nitrogens with zero attached hydrogens (tertiary/aromatic N) is 5. The molecule has 6 rings (SSSR count). The third-order valence-corrected chi connectivity index (χ3v) is 8.07. The van der Waals surface area contributed by atoms with Gasteiger partial charge in [0, 0.05) is 66.7 Å². The van der Waals surface area contributed by atoms with Crippen molar-refractivity contribution >= 4 is 46.0 Å². The van der Waals surface area contributed by atoms with Crippen LogP contribution in [0.15, 0.2) is 48.9 Å². The summed E-state index contributed by atoms with van der Waals surface area (Å²) in [6.45, 7) is 3.21. The van der Waals surface area contributed by atoms with Crippen LogP contribution in [0, 0.1) is 5.41 Å². The van der Waals surface area contributed by atoms with Crippen molar-refractivity contribution in [2.24, 2.45) is 11.1 Å². The van der Waals surface area contributed by atoms with Gasteiger partial charge < -0.3 is 19.3 Å². The Morgan fingerprint density at radius 3 is 2.64 bits per heavy atom. The molecule has 39 heavy (non-hydrogen) atoms. The monoisotopic (exact) mass is 567 g/mol. The number of nitrogens with one attached hydrogen (secondary N) is 1. The molecule has 2 aliphatic heterocycles. The van der Waals surface area contributed by atoms with Crippen molar-refractivity contribution in [2.45, 2.75) is 19.1 Å². The van der Waals surface area contributed by atoms with E-state index in [0.29, 0.717) is 21.4 Å². The summed E-state index contributed by atoms with van der Waals surface area (Å²) >= 11 is 12.5. The zero-order valence-corrected chi connectivity index (χ0v) is 22.7. The molecule has 0 bridgehead atoms. The number of ether oxygens (including phenoxy) is 2. The molecular formula is C27H27Cl2N7O3. The van der Waals surface area contributed by atoms with Gasteiger partial charge in [-0.1, -0.05) is 23.2 Å². The van der Waals surface area contributed by atoms with Crippen molar-refractivity contribution < 1.29 is 14.3 Å². The fourth-order valence-electron chi connectivity index (χ4n) is 5.57. The maximum absolute atomic E-state index is 12.0. The second-order valence-electron chi connectivity index (χ2n) is 10.1. The number of pyridine rings is 2. The number of likely N-dealkylation sites (tertiary alicyclic amines) is 1. The summed E-state index contributed by atoms with van der Waals surface area (Å²) in [5.41, 5.74) is 9.32. The third-order valence-electron chi connectivity index (χ3n) is 7.46. The number of H-pyrrole nitrogens is 1. The number of hydrogen-bond donors (Lipinski definition) is 2. The van der Waals surface area contributed by atoms with Crippen LogP contribution in [0.1, 0.15) is 24.6 Å². The van der Waals surface area contributed by atoms with Crippen LogP contribution in [0.3, 0.4) is 0 Å². The highest BCUT2D eigenvalue weighted by Gasteiger charge is 2.47. The van der Waals surface area contributed by atoms with Crippen LogP contribution in [0.2, 0.25) is 10.0 Å². The van der Waals surface area contributed by atoms with E-state index in [1.807, 2.05) is 35.4 Å². The summed E-state index contributed by atoms with van der Waals surface area (Å²) < 4.78 is 10.9. The Bertz CT molecular complexity index is 1500. The lowest BCUT2D eigenvalue weighted by molar-refractivity contribution is 0.0501. The molecule has 1 amide bonds. The van der Waals surface area contributed by atoms with Crippen molar-refractivity contribution in [3.05, 3.63) is 64.5 Å². The quantitative estimate of drug-likeness (QED) is 0.322. The number of aromatic nitrogens is 4. The number of carbonyl (C=O) groups is 1. The topological polar surface area (TPSA) is 122 Å². The van der Waals surface area contributed by atoms with Crippen LogP contribution < -0.4 is 15.4 Å². The van der Waals surface area contributed by atoms with Gasteiger partial charge in [-0.05, 0) is 43.2 Å². The fraction of sp³-hybridized carbons (Fsp3) is 0.333. The third kappa shape index (κ3) is 4.84. The number of nitrogens with two attached hydrogens (primary N) is 1. The maximum Gasteiger partial charge on any atom is 0.409 e. The molecule has 0 aliphatic carbocycles.